The predicted molar refractivity (Wildman–Crippen MR) is 108 cm³/mol. The molecule has 1 N–H and O–H groups in total. The van der Waals surface area contributed by atoms with Crippen LogP contribution in [0.25, 0.3) is 22.1 Å². The third-order valence-corrected chi connectivity index (χ3v) is 4.72. The zero-order valence-corrected chi connectivity index (χ0v) is 15.8. The first-order valence-corrected chi connectivity index (χ1v) is 9.64. The molecule has 2 aromatic carbocycles. The van der Waals surface area contributed by atoms with Crippen molar-refractivity contribution in [2.24, 2.45) is 0 Å². The number of benzene rings is 2. The summed E-state index contributed by atoms with van der Waals surface area (Å²) in [6.07, 6.45) is 5.80. The van der Waals surface area contributed by atoms with Gasteiger partial charge in [0.2, 0.25) is 5.76 Å². The summed E-state index contributed by atoms with van der Waals surface area (Å²) in [5, 5.41) is 4.48. The Morgan fingerprint density at radius 2 is 1.81 bits per heavy atom. The van der Waals surface area contributed by atoms with E-state index in [0.717, 1.165) is 29.4 Å². The highest BCUT2D eigenvalue weighted by atomic mass is 35.5. The molecule has 136 valence electrons. The molecule has 1 aromatic heterocycles. The third kappa shape index (κ3) is 4.28. The average Bonchev–Trinajstić information content (AvgIpc) is 3.03. The summed E-state index contributed by atoms with van der Waals surface area (Å²) in [6.45, 7) is 2.86. The lowest BCUT2D eigenvalue weighted by Crippen LogP contribution is -2.24. The van der Waals surface area contributed by atoms with E-state index in [2.05, 4.69) is 12.2 Å². The van der Waals surface area contributed by atoms with Gasteiger partial charge in [0.15, 0.2) is 0 Å². The third-order valence-electron chi connectivity index (χ3n) is 4.48. The van der Waals surface area contributed by atoms with Crippen molar-refractivity contribution in [3.05, 3.63) is 59.3 Å². The molecule has 3 aromatic rings. The maximum Gasteiger partial charge on any atom is 0.287 e. The summed E-state index contributed by atoms with van der Waals surface area (Å²) in [6, 6.07) is 15.3. The second-order valence-electron chi connectivity index (χ2n) is 6.48. The van der Waals surface area contributed by atoms with E-state index in [4.69, 9.17) is 16.0 Å². The van der Waals surface area contributed by atoms with E-state index in [0.29, 0.717) is 22.9 Å². The fraction of sp³-hybridized carbons (Fsp3) is 0.318. The topological polar surface area (TPSA) is 42.2 Å². The fourth-order valence-corrected chi connectivity index (χ4v) is 3.30. The molecule has 0 spiro atoms. The molecule has 4 heteroatoms. The van der Waals surface area contributed by atoms with E-state index >= 15 is 0 Å². The molecular weight excluding hydrogens is 346 g/mol. The molecule has 0 radical (unpaired) electrons. The van der Waals surface area contributed by atoms with Crippen molar-refractivity contribution in [1.82, 2.24) is 5.32 Å². The molecule has 3 nitrogen and oxygen atoms in total. The van der Waals surface area contributed by atoms with Crippen LogP contribution >= 0.6 is 11.6 Å². The van der Waals surface area contributed by atoms with Gasteiger partial charge in [-0.3, -0.25) is 4.79 Å². The number of hydrogen-bond donors (Lipinski definition) is 1. The van der Waals surface area contributed by atoms with Crippen LogP contribution in [0.4, 0.5) is 0 Å². The highest BCUT2D eigenvalue weighted by molar-refractivity contribution is 6.31. The van der Waals surface area contributed by atoms with Gasteiger partial charge in [-0.25, -0.2) is 0 Å². The molecule has 0 atom stereocenters. The van der Waals surface area contributed by atoms with Crippen molar-refractivity contribution in [2.45, 2.75) is 39.0 Å². The van der Waals surface area contributed by atoms with Crippen LogP contribution in [-0.2, 0) is 0 Å². The lowest BCUT2D eigenvalue weighted by atomic mass is 10.0. The smallest absolute Gasteiger partial charge is 0.287 e. The number of furan rings is 1. The van der Waals surface area contributed by atoms with Crippen LogP contribution in [0.3, 0.4) is 0 Å². The molecule has 0 unspecified atom stereocenters. The molecule has 0 aliphatic heterocycles. The van der Waals surface area contributed by atoms with Gasteiger partial charge >= 0.3 is 0 Å². The minimum absolute atomic E-state index is 0.174. The molecular formula is C22H24ClNO2. The van der Waals surface area contributed by atoms with E-state index in [1.807, 2.05) is 42.5 Å². The van der Waals surface area contributed by atoms with Crippen molar-refractivity contribution in [3.8, 4) is 11.1 Å². The van der Waals surface area contributed by atoms with Crippen LogP contribution in [0.5, 0.6) is 0 Å². The van der Waals surface area contributed by atoms with Gasteiger partial charge < -0.3 is 9.73 Å². The predicted octanol–water partition coefficient (Wildman–Crippen LogP) is 6.45. The van der Waals surface area contributed by atoms with Crippen LogP contribution in [0.15, 0.2) is 52.9 Å². The fourth-order valence-electron chi connectivity index (χ4n) is 3.13. The van der Waals surface area contributed by atoms with E-state index < -0.39 is 0 Å². The molecule has 0 aliphatic rings. The molecule has 1 heterocycles. The van der Waals surface area contributed by atoms with Crippen LogP contribution in [-0.4, -0.2) is 12.5 Å². The highest BCUT2D eigenvalue weighted by Gasteiger charge is 2.21. The number of hydrogen-bond acceptors (Lipinski definition) is 2. The van der Waals surface area contributed by atoms with Gasteiger partial charge in [-0.2, -0.15) is 0 Å². The molecule has 0 fully saturated rings. The second-order valence-corrected chi connectivity index (χ2v) is 6.92. The van der Waals surface area contributed by atoms with Crippen molar-refractivity contribution in [2.75, 3.05) is 6.54 Å². The van der Waals surface area contributed by atoms with Crippen molar-refractivity contribution < 1.29 is 9.21 Å². The van der Waals surface area contributed by atoms with Gasteiger partial charge in [0.05, 0.1) is 0 Å². The number of unbranched alkanes of at least 4 members (excludes halogenated alkanes) is 4. The summed E-state index contributed by atoms with van der Waals surface area (Å²) in [5.41, 5.74) is 2.41. The Balaban J connectivity index is 1.84. The molecule has 0 bridgehead atoms. The number of halogens is 1. The van der Waals surface area contributed by atoms with E-state index in [1.165, 1.54) is 19.3 Å². The molecule has 0 saturated heterocycles. The normalized spacial score (nSPS) is 11.0. The standard InChI is InChI=1S/C22H24ClNO2/c1-2-3-4-5-9-14-24-22(25)21-20(16-10-7-6-8-11-16)18-15-17(23)12-13-19(18)26-21/h6-8,10-13,15H,2-5,9,14H2,1H3,(H,24,25). The number of rotatable bonds is 8. The quantitative estimate of drug-likeness (QED) is 0.463. The highest BCUT2D eigenvalue weighted by Crippen LogP contribution is 2.36. The number of carbonyl (C=O) groups is 1. The van der Waals surface area contributed by atoms with Gasteiger partial charge in [-0.05, 0) is 30.2 Å². The van der Waals surface area contributed by atoms with E-state index in [1.54, 1.807) is 6.07 Å². The first-order valence-electron chi connectivity index (χ1n) is 9.26. The Morgan fingerprint density at radius 1 is 1.04 bits per heavy atom. The van der Waals surface area contributed by atoms with Crippen molar-refractivity contribution in [3.63, 3.8) is 0 Å². The molecule has 0 saturated carbocycles. The van der Waals surface area contributed by atoms with Gasteiger partial charge in [0, 0.05) is 22.5 Å². The number of nitrogens with one attached hydrogen (secondary N) is 1. The SMILES string of the molecule is CCCCCCCNC(=O)c1oc2ccc(Cl)cc2c1-c1ccccc1. The first-order chi connectivity index (χ1) is 12.7. The van der Waals surface area contributed by atoms with Crippen LogP contribution in [0.2, 0.25) is 5.02 Å². The Kier molecular flexibility index (Phi) is 6.35. The van der Waals surface area contributed by atoms with Crippen molar-refractivity contribution >= 4 is 28.5 Å². The minimum atomic E-state index is -0.174. The zero-order valence-electron chi connectivity index (χ0n) is 15.1. The zero-order chi connectivity index (χ0) is 18.4. The van der Waals surface area contributed by atoms with Crippen LogP contribution in [0.1, 0.15) is 49.6 Å². The lowest BCUT2D eigenvalue weighted by Gasteiger charge is -2.06. The van der Waals surface area contributed by atoms with E-state index in [9.17, 15) is 4.79 Å². The van der Waals surface area contributed by atoms with Gasteiger partial charge in [-0.1, -0.05) is 74.5 Å². The van der Waals surface area contributed by atoms with E-state index in [-0.39, 0.29) is 5.91 Å². The summed E-state index contributed by atoms with van der Waals surface area (Å²) in [4.78, 5) is 12.7. The number of amides is 1. The Bertz CT molecular complexity index is 870. The summed E-state index contributed by atoms with van der Waals surface area (Å²) < 4.78 is 5.90. The average molecular weight is 370 g/mol. The summed E-state index contributed by atoms with van der Waals surface area (Å²) >= 11 is 6.17. The summed E-state index contributed by atoms with van der Waals surface area (Å²) in [5.74, 6) is 0.175. The Labute approximate surface area is 159 Å². The monoisotopic (exact) mass is 369 g/mol. The van der Waals surface area contributed by atoms with Gasteiger partial charge in [0.25, 0.3) is 5.91 Å². The maximum atomic E-state index is 12.7. The number of fused-ring (bicyclic) bond motifs is 1. The summed E-state index contributed by atoms with van der Waals surface area (Å²) in [7, 11) is 0. The van der Waals surface area contributed by atoms with Gasteiger partial charge in [-0.15, -0.1) is 0 Å². The molecule has 0 aliphatic carbocycles. The number of carbonyl (C=O) groups excluding carboxylic acids is 1. The van der Waals surface area contributed by atoms with Crippen LogP contribution in [0, 0.1) is 0 Å². The van der Waals surface area contributed by atoms with Gasteiger partial charge in [0.1, 0.15) is 5.58 Å². The minimum Gasteiger partial charge on any atom is -0.450 e. The maximum absolute atomic E-state index is 12.7. The lowest BCUT2D eigenvalue weighted by molar-refractivity contribution is 0.0928. The second kappa shape index (κ2) is 8.91. The first kappa shape index (κ1) is 18.5. The Morgan fingerprint density at radius 3 is 2.58 bits per heavy atom. The Hall–Kier alpha value is -2.26. The van der Waals surface area contributed by atoms with Crippen molar-refractivity contribution in [1.29, 1.82) is 0 Å². The molecule has 3 rings (SSSR count). The van der Waals surface area contributed by atoms with Crippen LogP contribution < -0.4 is 5.32 Å². The molecule has 1 amide bonds. The largest absolute Gasteiger partial charge is 0.450 e. The molecule has 26 heavy (non-hydrogen) atoms.